The van der Waals surface area contributed by atoms with Crippen molar-refractivity contribution in [3.05, 3.63) is 69.7 Å². The summed E-state index contributed by atoms with van der Waals surface area (Å²) in [6.45, 7) is 4.55. The molecule has 1 N–H and O–H groups in total. The molecule has 2 unspecified atom stereocenters. The van der Waals surface area contributed by atoms with Gasteiger partial charge in [0.05, 0.1) is 30.0 Å². The first-order valence-corrected chi connectivity index (χ1v) is 13.2. The van der Waals surface area contributed by atoms with E-state index in [4.69, 9.17) is 27.9 Å². The van der Waals surface area contributed by atoms with E-state index in [1.807, 2.05) is 53.4 Å². The maximum Gasteiger partial charge on any atom is 0.304 e. The fourth-order valence-corrected chi connectivity index (χ4v) is 6.28. The molecule has 2 aromatic rings. The van der Waals surface area contributed by atoms with Crippen molar-refractivity contribution >= 4 is 35.1 Å². The van der Waals surface area contributed by atoms with E-state index < -0.39 is 11.4 Å². The average molecular weight is 518 g/mol. The number of piperidine rings is 1. The molecule has 1 amide bonds. The van der Waals surface area contributed by atoms with Crippen LogP contribution in [0.1, 0.15) is 75.5 Å². The van der Waals surface area contributed by atoms with E-state index in [0.717, 1.165) is 30.4 Å². The Bertz CT molecular complexity index is 1050. The molecule has 2 heterocycles. The van der Waals surface area contributed by atoms with Crippen molar-refractivity contribution < 1.29 is 19.4 Å². The topological polar surface area (TPSA) is 66.8 Å². The van der Waals surface area contributed by atoms with Crippen LogP contribution >= 0.6 is 23.2 Å². The van der Waals surface area contributed by atoms with Crippen LogP contribution in [0.25, 0.3) is 0 Å². The Morgan fingerprint density at radius 3 is 2.49 bits per heavy atom. The highest BCUT2D eigenvalue weighted by molar-refractivity contribution is 6.30. The number of amides is 1. The third-order valence-electron chi connectivity index (χ3n) is 7.55. The molecule has 0 aromatic heterocycles. The van der Waals surface area contributed by atoms with Crippen molar-refractivity contribution in [3.8, 4) is 0 Å². The molecule has 0 spiro atoms. The van der Waals surface area contributed by atoms with Crippen LogP contribution in [0.15, 0.2) is 48.5 Å². The summed E-state index contributed by atoms with van der Waals surface area (Å²) in [5.74, 6) is -1.24. The van der Waals surface area contributed by atoms with Gasteiger partial charge in [-0.25, -0.2) is 0 Å². The highest BCUT2D eigenvalue weighted by Gasteiger charge is 2.53. The lowest BCUT2D eigenvalue weighted by Gasteiger charge is -2.53. The first-order chi connectivity index (χ1) is 16.7. The monoisotopic (exact) mass is 517 g/mol. The molecule has 2 aromatic carbocycles. The summed E-state index contributed by atoms with van der Waals surface area (Å²) in [6.07, 6.45) is 3.76. The predicted molar refractivity (Wildman–Crippen MR) is 138 cm³/mol. The largest absolute Gasteiger partial charge is 0.481 e. The molecular weight excluding hydrogens is 485 g/mol. The second-order valence-corrected chi connectivity index (χ2v) is 11.0. The second kappa shape index (κ2) is 10.9. The molecule has 2 aliphatic heterocycles. The van der Waals surface area contributed by atoms with Gasteiger partial charge < -0.3 is 14.7 Å². The fraction of sp³-hybridized carbons (Fsp3) is 0.500. The third kappa shape index (κ3) is 5.52. The Labute approximate surface area is 217 Å². The molecular formula is C28H33Cl2NO4. The maximum absolute atomic E-state index is 14.3. The van der Waals surface area contributed by atoms with Crippen LogP contribution in [-0.4, -0.2) is 40.6 Å². The van der Waals surface area contributed by atoms with Crippen LogP contribution in [0.5, 0.6) is 0 Å². The van der Waals surface area contributed by atoms with Crippen molar-refractivity contribution in [3.63, 3.8) is 0 Å². The molecule has 5 atom stereocenters. The summed E-state index contributed by atoms with van der Waals surface area (Å²) in [7, 11) is 0. The molecule has 4 rings (SSSR count). The number of hydrogen-bond acceptors (Lipinski definition) is 3. The predicted octanol–water partition coefficient (Wildman–Crippen LogP) is 6.88. The lowest BCUT2D eigenvalue weighted by molar-refractivity contribution is -0.166. The van der Waals surface area contributed by atoms with Gasteiger partial charge in [0, 0.05) is 22.6 Å². The van der Waals surface area contributed by atoms with Crippen molar-refractivity contribution in [1.29, 1.82) is 0 Å². The molecule has 0 saturated carbocycles. The summed E-state index contributed by atoms with van der Waals surface area (Å²) in [5.41, 5.74) is 0.912. The molecule has 7 heteroatoms. The standard InChI is InChI=1S/C28H33Cl2NO4/c1-3-23(24-9-4-5-14-35-24)31-26(18-10-12-20(29)13-11-18)22(19-7-6-8-21(30)15-19)16-28(2,27(31)34)17-25(32)33/h6-8,10-13,15,22-24,26H,3-5,9,14,16-17H2,1-2H3,(H,32,33)/t22-,23+,24?,26?,28-/m1/s1. The van der Waals surface area contributed by atoms with Crippen LogP contribution in [0.2, 0.25) is 10.0 Å². The number of carboxylic acids is 1. The number of carbonyl (C=O) groups is 2. The van der Waals surface area contributed by atoms with Gasteiger partial charge in [-0.1, -0.05) is 61.3 Å². The highest BCUT2D eigenvalue weighted by atomic mass is 35.5. The summed E-state index contributed by atoms with van der Waals surface area (Å²) in [5, 5.41) is 11.0. The summed E-state index contributed by atoms with van der Waals surface area (Å²) < 4.78 is 6.19. The van der Waals surface area contributed by atoms with E-state index in [9.17, 15) is 14.7 Å². The molecule has 188 valence electrons. The van der Waals surface area contributed by atoms with Crippen LogP contribution < -0.4 is 0 Å². The smallest absolute Gasteiger partial charge is 0.304 e. The van der Waals surface area contributed by atoms with Crippen LogP contribution in [0.3, 0.4) is 0 Å². The fourth-order valence-electron chi connectivity index (χ4n) is 5.95. The maximum atomic E-state index is 14.3. The first-order valence-electron chi connectivity index (χ1n) is 12.4. The molecule has 0 bridgehead atoms. The number of carbonyl (C=O) groups excluding carboxylic acids is 1. The van der Waals surface area contributed by atoms with E-state index >= 15 is 0 Å². The zero-order chi connectivity index (χ0) is 25.2. The number of nitrogens with zero attached hydrogens (tertiary/aromatic N) is 1. The van der Waals surface area contributed by atoms with Gasteiger partial charge in [0.25, 0.3) is 0 Å². The number of likely N-dealkylation sites (tertiary alicyclic amines) is 1. The normalized spacial score (nSPS) is 28.1. The van der Waals surface area contributed by atoms with E-state index in [-0.39, 0.29) is 36.4 Å². The van der Waals surface area contributed by atoms with Gasteiger partial charge in [-0.3, -0.25) is 9.59 Å². The van der Waals surface area contributed by atoms with Crippen LogP contribution in [0, 0.1) is 5.41 Å². The van der Waals surface area contributed by atoms with Crippen molar-refractivity contribution in [1.82, 2.24) is 4.90 Å². The number of ether oxygens (including phenoxy) is 1. The van der Waals surface area contributed by atoms with Gasteiger partial charge in [0.1, 0.15) is 0 Å². The Morgan fingerprint density at radius 1 is 1.14 bits per heavy atom. The molecule has 2 fully saturated rings. The minimum atomic E-state index is -1.05. The van der Waals surface area contributed by atoms with Crippen molar-refractivity contribution in [2.75, 3.05) is 6.61 Å². The van der Waals surface area contributed by atoms with Gasteiger partial charge >= 0.3 is 5.97 Å². The molecule has 5 nitrogen and oxygen atoms in total. The van der Waals surface area contributed by atoms with E-state index in [1.165, 1.54) is 0 Å². The molecule has 2 aliphatic rings. The number of aliphatic carboxylic acids is 1. The zero-order valence-electron chi connectivity index (χ0n) is 20.3. The minimum Gasteiger partial charge on any atom is -0.481 e. The van der Waals surface area contributed by atoms with Crippen LogP contribution in [0.4, 0.5) is 0 Å². The lowest BCUT2D eigenvalue weighted by atomic mass is 9.66. The first kappa shape index (κ1) is 26.0. The summed E-state index contributed by atoms with van der Waals surface area (Å²) >= 11 is 12.6. The van der Waals surface area contributed by atoms with Gasteiger partial charge in [-0.2, -0.15) is 0 Å². The average Bonchev–Trinajstić information content (AvgIpc) is 2.83. The quantitative estimate of drug-likeness (QED) is 0.434. The zero-order valence-corrected chi connectivity index (χ0v) is 21.8. The van der Waals surface area contributed by atoms with Gasteiger partial charge in [0.2, 0.25) is 5.91 Å². The van der Waals surface area contributed by atoms with Gasteiger partial charge in [-0.05, 0) is 67.5 Å². The SMILES string of the molecule is CC[C@@H](C1CCCCO1)N1C(=O)[C@@](C)(CC(=O)O)C[C@H](c2cccc(Cl)c2)C1c1ccc(Cl)cc1. The number of hydrogen-bond donors (Lipinski definition) is 1. The van der Waals surface area contributed by atoms with E-state index in [1.54, 1.807) is 6.92 Å². The number of rotatable bonds is 7. The Hall–Kier alpha value is -2.08. The Balaban J connectivity index is 1.89. The molecule has 35 heavy (non-hydrogen) atoms. The van der Waals surface area contributed by atoms with Crippen molar-refractivity contribution in [2.45, 2.75) is 76.5 Å². The summed E-state index contributed by atoms with van der Waals surface area (Å²) in [4.78, 5) is 28.2. The lowest BCUT2D eigenvalue weighted by Crippen LogP contribution is -2.59. The molecule has 0 aliphatic carbocycles. The summed E-state index contributed by atoms with van der Waals surface area (Å²) in [6, 6.07) is 14.9. The number of carboxylic acid groups (broad SMARTS) is 1. The van der Waals surface area contributed by atoms with Gasteiger partial charge in [-0.15, -0.1) is 0 Å². The van der Waals surface area contributed by atoms with E-state index in [0.29, 0.717) is 29.5 Å². The van der Waals surface area contributed by atoms with Gasteiger partial charge in [0.15, 0.2) is 0 Å². The molecule has 0 radical (unpaired) electrons. The highest BCUT2D eigenvalue weighted by Crippen LogP contribution is 2.52. The molecule has 2 saturated heterocycles. The Kier molecular flexibility index (Phi) is 8.09. The van der Waals surface area contributed by atoms with E-state index in [2.05, 4.69) is 6.92 Å². The van der Waals surface area contributed by atoms with Crippen molar-refractivity contribution in [2.24, 2.45) is 5.41 Å². The third-order valence-corrected chi connectivity index (χ3v) is 8.04. The second-order valence-electron chi connectivity index (χ2n) is 10.1. The number of benzene rings is 2. The van der Waals surface area contributed by atoms with Crippen LogP contribution in [-0.2, 0) is 14.3 Å². The number of halogens is 2. The Morgan fingerprint density at radius 2 is 1.89 bits per heavy atom. The minimum absolute atomic E-state index is 0.0836.